The van der Waals surface area contributed by atoms with Gasteiger partial charge in [0.2, 0.25) is 11.8 Å². The number of ether oxygens (including phenoxy) is 1. The average Bonchev–Trinajstić information content (AvgIpc) is 3.12. The lowest BCUT2D eigenvalue weighted by Crippen LogP contribution is -2.28. The van der Waals surface area contributed by atoms with Crippen molar-refractivity contribution in [1.82, 2.24) is 15.0 Å². The molecule has 0 aliphatic carbocycles. The smallest absolute Gasteiger partial charge is 0.259 e. The Morgan fingerprint density at radius 2 is 1.73 bits per heavy atom. The summed E-state index contributed by atoms with van der Waals surface area (Å²) in [7, 11) is 0. The monoisotopic (exact) mass is 413 g/mol. The van der Waals surface area contributed by atoms with Gasteiger partial charge < -0.3 is 20.4 Å². The summed E-state index contributed by atoms with van der Waals surface area (Å²) in [6.45, 7) is 0. The normalized spacial score (nSPS) is 15.5. The number of nitrogens with two attached hydrogens (primary N) is 1. The third kappa shape index (κ3) is 2.64. The maximum Gasteiger partial charge on any atom is 0.259 e. The lowest BCUT2D eigenvalue weighted by molar-refractivity contribution is 0.374. The summed E-state index contributed by atoms with van der Waals surface area (Å²) in [6.07, 6.45) is 0. The number of aromatic amines is 3. The molecule has 0 radical (unpaired) electrons. The van der Waals surface area contributed by atoms with Crippen molar-refractivity contribution in [3.8, 4) is 23.2 Å². The lowest BCUT2D eigenvalue weighted by atomic mass is 9.82. The van der Waals surface area contributed by atoms with Gasteiger partial charge in [-0.05, 0) is 29.4 Å². The fraction of sp³-hybridized carbons (Fsp3) is 0.0455. The highest BCUT2D eigenvalue weighted by atomic mass is 32.1. The lowest BCUT2D eigenvalue weighted by Gasteiger charge is -2.25. The van der Waals surface area contributed by atoms with Crippen LogP contribution < -0.4 is 16.0 Å². The van der Waals surface area contributed by atoms with Crippen LogP contribution in [0.1, 0.15) is 17.0 Å². The molecule has 1 aliphatic rings. The van der Waals surface area contributed by atoms with Crippen LogP contribution in [-0.4, -0.2) is 15.0 Å². The maximum atomic E-state index is 12.9. The average molecular weight is 413 g/mol. The first-order valence-corrected chi connectivity index (χ1v) is 9.59. The summed E-state index contributed by atoms with van der Waals surface area (Å²) in [5, 5.41) is 10.8. The number of nitrogens with one attached hydrogen (secondary N) is 3. The maximum absolute atomic E-state index is 12.9. The highest BCUT2D eigenvalue weighted by Gasteiger charge is 2.37. The number of nitrogens with zero attached hydrogens (tertiary/aromatic N) is 1. The van der Waals surface area contributed by atoms with Crippen molar-refractivity contribution in [2.24, 2.45) is 5.73 Å². The fourth-order valence-electron chi connectivity index (χ4n) is 3.97. The van der Waals surface area contributed by atoms with E-state index in [9.17, 15) is 10.1 Å². The Morgan fingerprint density at radius 1 is 1.00 bits per heavy atom. The van der Waals surface area contributed by atoms with Crippen molar-refractivity contribution in [2.45, 2.75) is 5.92 Å². The molecule has 2 aromatic heterocycles. The minimum absolute atomic E-state index is 0.0597. The predicted molar refractivity (Wildman–Crippen MR) is 115 cm³/mol. The zero-order chi connectivity index (χ0) is 20.8. The summed E-state index contributed by atoms with van der Waals surface area (Å²) in [6, 6.07) is 19.6. The van der Waals surface area contributed by atoms with E-state index in [-0.39, 0.29) is 27.7 Å². The number of para-hydroxylation sites is 1. The molecule has 0 amide bonds. The number of rotatable bonds is 2. The van der Waals surface area contributed by atoms with Gasteiger partial charge in [-0.25, -0.2) is 0 Å². The molecular weight excluding hydrogens is 398 g/mol. The van der Waals surface area contributed by atoms with Crippen LogP contribution in [0.25, 0.3) is 22.2 Å². The number of benzene rings is 2. The predicted octanol–water partition coefficient (Wildman–Crippen LogP) is 3.80. The summed E-state index contributed by atoms with van der Waals surface area (Å²) in [5.74, 6) is -0.647. The molecule has 146 valence electrons. The largest absolute Gasteiger partial charge is 0.424 e. The van der Waals surface area contributed by atoms with E-state index in [1.54, 1.807) is 0 Å². The second-order valence-electron chi connectivity index (χ2n) is 6.90. The zero-order valence-corrected chi connectivity index (χ0v) is 16.3. The first-order valence-electron chi connectivity index (χ1n) is 9.18. The van der Waals surface area contributed by atoms with Gasteiger partial charge in [0.15, 0.2) is 4.77 Å². The van der Waals surface area contributed by atoms with Crippen LogP contribution in [0.5, 0.6) is 5.88 Å². The van der Waals surface area contributed by atoms with Crippen LogP contribution in [0, 0.1) is 16.1 Å². The van der Waals surface area contributed by atoms with Gasteiger partial charge in [-0.15, -0.1) is 0 Å². The molecule has 8 heteroatoms. The van der Waals surface area contributed by atoms with E-state index in [4.69, 9.17) is 22.7 Å². The minimum Gasteiger partial charge on any atom is -0.424 e. The summed E-state index contributed by atoms with van der Waals surface area (Å²) < 4.78 is 5.68. The number of hydrogen-bond donors (Lipinski definition) is 4. The highest BCUT2D eigenvalue weighted by Crippen LogP contribution is 2.45. The molecular formula is C22H15N5O2S. The van der Waals surface area contributed by atoms with Crippen molar-refractivity contribution in [1.29, 1.82) is 5.26 Å². The van der Waals surface area contributed by atoms with Crippen LogP contribution in [0.4, 0.5) is 0 Å². The second-order valence-corrected chi connectivity index (χ2v) is 7.31. The van der Waals surface area contributed by atoms with E-state index in [1.165, 1.54) is 0 Å². The van der Waals surface area contributed by atoms with Crippen LogP contribution in [0.15, 0.2) is 70.8 Å². The van der Waals surface area contributed by atoms with E-state index in [2.05, 4.69) is 21.0 Å². The fourth-order valence-corrected chi connectivity index (χ4v) is 4.16. The van der Waals surface area contributed by atoms with Gasteiger partial charge in [0, 0.05) is 10.9 Å². The number of aromatic nitrogens is 3. The Hall–Kier alpha value is -4.09. The Bertz CT molecular complexity index is 1490. The molecule has 7 nitrogen and oxygen atoms in total. The molecule has 5 N–H and O–H groups in total. The molecule has 30 heavy (non-hydrogen) atoms. The molecule has 1 atom stereocenters. The molecule has 0 saturated carbocycles. The minimum atomic E-state index is -0.735. The summed E-state index contributed by atoms with van der Waals surface area (Å²) >= 11 is 5.08. The van der Waals surface area contributed by atoms with Crippen LogP contribution in [0.3, 0.4) is 0 Å². The van der Waals surface area contributed by atoms with Gasteiger partial charge >= 0.3 is 0 Å². The molecule has 5 rings (SSSR count). The van der Waals surface area contributed by atoms with Crippen molar-refractivity contribution in [2.75, 3.05) is 0 Å². The van der Waals surface area contributed by atoms with Crippen LogP contribution in [-0.2, 0) is 0 Å². The highest BCUT2D eigenvalue weighted by molar-refractivity contribution is 7.71. The van der Waals surface area contributed by atoms with Gasteiger partial charge in [0.25, 0.3) is 5.56 Å². The van der Waals surface area contributed by atoms with Crippen LogP contribution in [0.2, 0.25) is 0 Å². The Morgan fingerprint density at radius 3 is 2.50 bits per heavy atom. The van der Waals surface area contributed by atoms with E-state index >= 15 is 0 Å². The topological polar surface area (TPSA) is 123 Å². The van der Waals surface area contributed by atoms with Crippen molar-refractivity contribution in [3.05, 3.63) is 92.3 Å². The first-order chi connectivity index (χ1) is 14.6. The quantitative estimate of drug-likeness (QED) is 0.372. The van der Waals surface area contributed by atoms with E-state index < -0.39 is 11.5 Å². The van der Waals surface area contributed by atoms with Gasteiger partial charge in [0.1, 0.15) is 11.6 Å². The van der Waals surface area contributed by atoms with Crippen LogP contribution >= 0.6 is 12.2 Å². The Kier molecular flexibility index (Phi) is 4.05. The van der Waals surface area contributed by atoms with Gasteiger partial charge in [-0.1, -0.05) is 48.5 Å². The Balaban J connectivity index is 1.92. The molecule has 2 aromatic carbocycles. The van der Waals surface area contributed by atoms with Gasteiger partial charge in [-0.2, -0.15) is 5.26 Å². The molecule has 1 aliphatic heterocycles. The van der Waals surface area contributed by atoms with Crippen molar-refractivity contribution in [3.63, 3.8) is 0 Å². The van der Waals surface area contributed by atoms with E-state index in [0.29, 0.717) is 0 Å². The second kappa shape index (κ2) is 6.76. The van der Waals surface area contributed by atoms with Gasteiger partial charge in [0.05, 0.1) is 17.2 Å². The third-order valence-electron chi connectivity index (χ3n) is 5.22. The molecule has 1 unspecified atom stereocenters. The molecule has 0 spiro atoms. The first kappa shape index (κ1) is 18.0. The van der Waals surface area contributed by atoms with Crippen molar-refractivity contribution < 1.29 is 4.74 Å². The number of hydrogen-bond acceptors (Lipinski definition) is 5. The zero-order valence-electron chi connectivity index (χ0n) is 15.5. The molecule has 4 aromatic rings. The van der Waals surface area contributed by atoms with E-state index in [0.717, 1.165) is 27.7 Å². The number of nitriles is 1. The molecule has 0 saturated heterocycles. The summed E-state index contributed by atoms with van der Waals surface area (Å²) in [4.78, 5) is 21.8. The summed E-state index contributed by atoms with van der Waals surface area (Å²) in [5.41, 5.74) is 9.48. The van der Waals surface area contributed by atoms with Gasteiger partial charge in [-0.3, -0.25) is 9.78 Å². The molecule has 0 fully saturated rings. The number of allylic oxidation sites excluding steroid dienone is 1. The number of fused-ring (bicyclic) bond motifs is 2. The molecule has 0 bridgehead atoms. The SMILES string of the molecule is N#CC1=C(N)Oc2[nH]c(=S)[nH]c(=O)c2C1c1c(-c2ccccc2)[nH]c2ccccc12. The number of H-pyrrole nitrogens is 3. The van der Waals surface area contributed by atoms with Crippen molar-refractivity contribution >= 4 is 23.1 Å². The standard InChI is InChI=1S/C22H15N5O2S/c23-10-13-15(17-20(28)26-22(30)27-21(17)29-19(13)24)16-12-8-4-5-9-14(12)25-18(16)11-6-2-1-3-7-11/h1-9,15,25H,24H2,(H2,26,27,28,30). The van der Waals surface area contributed by atoms with E-state index in [1.807, 2.05) is 54.6 Å². The third-order valence-corrected chi connectivity index (χ3v) is 5.42. The molecule has 3 heterocycles. The Labute approximate surface area is 175 Å².